The van der Waals surface area contributed by atoms with Crippen LogP contribution in [0.3, 0.4) is 0 Å². The van der Waals surface area contributed by atoms with Crippen LogP contribution in [0.5, 0.6) is 0 Å². The van der Waals surface area contributed by atoms with Gasteiger partial charge in [-0.2, -0.15) is 0 Å². The molecule has 1 heterocycles. The minimum absolute atomic E-state index is 0.0134. The highest BCUT2D eigenvalue weighted by atomic mass is 35.5. The van der Waals surface area contributed by atoms with E-state index >= 15 is 0 Å². The Labute approximate surface area is 124 Å². The molecule has 1 aromatic rings. The van der Waals surface area contributed by atoms with Gasteiger partial charge in [0.05, 0.1) is 30.0 Å². The summed E-state index contributed by atoms with van der Waals surface area (Å²) in [7, 11) is 0. The zero-order valence-corrected chi connectivity index (χ0v) is 12.3. The highest BCUT2D eigenvalue weighted by Crippen LogP contribution is 2.22. The number of aryl methyl sites for hydroxylation is 1. The summed E-state index contributed by atoms with van der Waals surface area (Å²) in [6, 6.07) is 5.56. The highest BCUT2D eigenvalue weighted by Gasteiger charge is 2.21. The molecule has 5 nitrogen and oxygen atoms in total. The van der Waals surface area contributed by atoms with Crippen LogP contribution in [-0.2, 0) is 9.53 Å². The zero-order valence-electron chi connectivity index (χ0n) is 11.6. The highest BCUT2D eigenvalue weighted by molar-refractivity contribution is 6.33. The smallest absolute Gasteiger partial charge is 0.238 e. The predicted octanol–water partition coefficient (Wildman–Crippen LogP) is 1.25. The van der Waals surface area contributed by atoms with E-state index in [9.17, 15) is 4.79 Å². The topological polar surface area (TPSA) is 67.6 Å². The van der Waals surface area contributed by atoms with Gasteiger partial charge in [0.2, 0.25) is 5.91 Å². The Balaban J connectivity index is 1.88. The summed E-state index contributed by atoms with van der Waals surface area (Å²) in [4.78, 5) is 14.1. The molecule has 0 radical (unpaired) electrons. The molecule has 6 heteroatoms. The molecule has 110 valence electrons. The number of nitrogens with zero attached hydrogens (tertiary/aromatic N) is 1. The Hall–Kier alpha value is -1.14. The fraction of sp³-hybridized carbons (Fsp3) is 0.500. The number of rotatable bonds is 4. The molecular weight excluding hydrogens is 278 g/mol. The third-order valence-electron chi connectivity index (χ3n) is 3.25. The van der Waals surface area contributed by atoms with Crippen LogP contribution >= 0.6 is 11.6 Å². The lowest BCUT2D eigenvalue weighted by molar-refractivity contribution is -0.119. The van der Waals surface area contributed by atoms with E-state index in [4.69, 9.17) is 22.1 Å². The van der Waals surface area contributed by atoms with Crippen LogP contribution < -0.4 is 11.1 Å². The van der Waals surface area contributed by atoms with Gasteiger partial charge in [0.1, 0.15) is 0 Å². The van der Waals surface area contributed by atoms with Gasteiger partial charge in [-0.25, -0.2) is 0 Å². The van der Waals surface area contributed by atoms with Crippen molar-refractivity contribution in [2.45, 2.75) is 13.0 Å². The van der Waals surface area contributed by atoms with Crippen LogP contribution in [0.4, 0.5) is 5.69 Å². The van der Waals surface area contributed by atoms with Gasteiger partial charge in [0.25, 0.3) is 0 Å². The number of carbonyl (C=O) groups is 1. The zero-order chi connectivity index (χ0) is 14.5. The van der Waals surface area contributed by atoms with Crippen molar-refractivity contribution < 1.29 is 9.53 Å². The second-order valence-corrected chi connectivity index (χ2v) is 5.40. The van der Waals surface area contributed by atoms with Gasteiger partial charge in [-0.3, -0.25) is 9.69 Å². The molecule has 1 aromatic carbocycles. The summed E-state index contributed by atoms with van der Waals surface area (Å²) in [6.45, 7) is 4.79. The average molecular weight is 298 g/mol. The Morgan fingerprint density at radius 2 is 2.40 bits per heavy atom. The number of carbonyl (C=O) groups excluding carboxylic acids is 1. The van der Waals surface area contributed by atoms with E-state index in [1.165, 1.54) is 0 Å². The minimum Gasteiger partial charge on any atom is -0.374 e. The Kier molecular flexibility index (Phi) is 5.37. The van der Waals surface area contributed by atoms with Crippen molar-refractivity contribution in [3.63, 3.8) is 0 Å². The molecule has 0 aliphatic carbocycles. The number of benzene rings is 1. The van der Waals surface area contributed by atoms with E-state index in [2.05, 4.69) is 5.32 Å². The van der Waals surface area contributed by atoms with Crippen molar-refractivity contribution in [3.8, 4) is 0 Å². The summed E-state index contributed by atoms with van der Waals surface area (Å²) >= 11 is 6.10. The molecule has 1 fully saturated rings. The first-order chi connectivity index (χ1) is 9.58. The van der Waals surface area contributed by atoms with E-state index in [0.29, 0.717) is 37.0 Å². The van der Waals surface area contributed by atoms with Gasteiger partial charge in [-0.15, -0.1) is 0 Å². The maximum absolute atomic E-state index is 12.0. The monoisotopic (exact) mass is 297 g/mol. The largest absolute Gasteiger partial charge is 0.374 e. The fourth-order valence-electron chi connectivity index (χ4n) is 2.18. The molecule has 1 aliphatic rings. The van der Waals surface area contributed by atoms with E-state index in [-0.39, 0.29) is 12.0 Å². The molecule has 1 atom stereocenters. The number of hydrogen-bond donors (Lipinski definition) is 2. The van der Waals surface area contributed by atoms with Crippen LogP contribution in [-0.4, -0.2) is 49.7 Å². The molecule has 0 aromatic heterocycles. The second-order valence-electron chi connectivity index (χ2n) is 5.00. The van der Waals surface area contributed by atoms with E-state index < -0.39 is 0 Å². The fourth-order valence-corrected chi connectivity index (χ4v) is 2.46. The van der Waals surface area contributed by atoms with Crippen molar-refractivity contribution in [1.29, 1.82) is 0 Å². The molecule has 0 saturated carbocycles. The molecule has 3 N–H and O–H groups in total. The van der Waals surface area contributed by atoms with Gasteiger partial charge < -0.3 is 15.8 Å². The Bertz CT molecular complexity index is 481. The number of hydrogen-bond acceptors (Lipinski definition) is 4. The lowest BCUT2D eigenvalue weighted by atomic mass is 10.2. The third-order valence-corrected chi connectivity index (χ3v) is 3.56. The van der Waals surface area contributed by atoms with Gasteiger partial charge in [0.15, 0.2) is 0 Å². The lowest BCUT2D eigenvalue weighted by Gasteiger charge is -2.31. The number of amides is 1. The second kappa shape index (κ2) is 7.04. The maximum atomic E-state index is 12.0. The number of ether oxygens (including phenoxy) is 1. The van der Waals surface area contributed by atoms with Crippen molar-refractivity contribution in [3.05, 3.63) is 28.8 Å². The van der Waals surface area contributed by atoms with Gasteiger partial charge in [-0.1, -0.05) is 17.7 Å². The Morgan fingerprint density at radius 3 is 3.10 bits per heavy atom. The van der Waals surface area contributed by atoms with E-state index in [1.54, 1.807) is 0 Å². The predicted molar refractivity (Wildman–Crippen MR) is 80.1 cm³/mol. The summed E-state index contributed by atoms with van der Waals surface area (Å²) < 4.78 is 5.47. The van der Waals surface area contributed by atoms with Crippen LogP contribution in [0.1, 0.15) is 5.56 Å². The van der Waals surface area contributed by atoms with Crippen LogP contribution in [0.2, 0.25) is 5.02 Å². The molecule has 1 amide bonds. The standard InChI is InChI=1S/C14H20ClN3O2/c1-10-2-3-13(12(15)6-10)17-14(19)9-18-4-5-20-11(7-16)8-18/h2-3,6,11H,4-5,7-9,16H2,1H3,(H,17,19). The molecule has 0 spiro atoms. The van der Waals surface area contributed by atoms with Crippen LogP contribution in [0.15, 0.2) is 18.2 Å². The molecule has 1 saturated heterocycles. The number of morpholine rings is 1. The first kappa shape index (κ1) is 15.3. The summed E-state index contributed by atoms with van der Waals surface area (Å²) in [5.74, 6) is -0.0755. The molecule has 1 unspecified atom stereocenters. The van der Waals surface area contributed by atoms with Crippen LogP contribution in [0.25, 0.3) is 0 Å². The minimum atomic E-state index is -0.0755. The Morgan fingerprint density at radius 1 is 1.60 bits per heavy atom. The van der Waals surface area contributed by atoms with Gasteiger partial charge in [0, 0.05) is 19.6 Å². The van der Waals surface area contributed by atoms with Crippen molar-refractivity contribution >= 4 is 23.2 Å². The van der Waals surface area contributed by atoms with E-state index in [1.807, 2.05) is 30.0 Å². The average Bonchev–Trinajstić information content (AvgIpc) is 2.42. The summed E-state index contributed by atoms with van der Waals surface area (Å²) in [6.07, 6.45) is 0.0134. The number of nitrogens with two attached hydrogens (primary N) is 1. The quantitative estimate of drug-likeness (QED) is 0.878. The number of nitrogens with one attached hydrogen (secondary N) is 1. The number of halogens is 1. The van der Waals surface area contributed by atoms with Gasteiger partial charge >= 0.3 is 0 Å². The van der Waals surface area contributed by atoms with E-state index in [0.717, 1.165) is 12.1 Å². The molecule has 20 heavy (non-hydrogen) atoms. The van der Waals surface area contributed by atoms with Crippen molar-refractivity contribution in [1.82, 2.24) is 4.90 Å². The molecule has 2 rings (SSSR count). The third kappa shape index (κ3) is 4.18. The van der Waals surface area contributed by atoms with Crippen molar-refractivity contribution in [2.75, 3.05) is 38.1 Å². The lowest BCUT2D eigenvalue weighted by Crippen LogP contribution is -2.48. The molecular formula is C14H20ClN3O2. The normalized spacial score (nSPS) is 19.9. The first-order valence-electron chi connectivity index (χ1n) is 6.68. The summed E-state index contributed by atoms with van der Waals surface area (Å²) in [5.41, 5.74) is 7.29. The first-order valence-corrected chi connectivity index (χ1v) is 7.06. The molecule has 1 aliphatic heterocycles. The SMILES string of the molecule is Cc1ccc(NC(=O)CN2CCOC(CN)C2)c(Cl)c1. The number of anilines is 1. The van der Waals surface area contributed by atoms with Crippen LogP contribution in [0, 0.1) is 6.92 Å². The maximum Gasteiger partial charge on any atom is 0.238 e. The van der Waals surface area contributed by atoms with Gasteiger partial charge in [-0.05, 0) is 24.6 Å². The van der Waals surface area contributed by atoms with Crippen molar-refractivity contribution in [2.24, 2.45) is 5.73 Å². The molecule has 0 bridgehead atoms. The summed E-state index contributed by atoms with van der Waals surface area (Å²) in [5, 5.41) is 3.39.